The average Bonchev–Trinajstić information content (AvgIpc) is 3.46. The van der Waals surface area contributed by atoms with Crippen molar-refractivity contribution in [3.63, 3.8) is 0 Å². The van der Waals surface area contributed by atoms with Crippen molar-refractivity contribution in [3.8, 4) is 0 Å². The lowest BCUT2D eigenvalue weighted by Crippen LogP contribution is -2.42. The molecule has 2 N–H and O–H groups in total. The zero-order valence-electron chi connectivity index (χ0n) is 22.1. The molecule has 12 nitrogen and oxygen atoms in total. The summed E-state index contributed by atoms with van der Waals surface area (Å²) in [4.78, 5) is 45.1. The molecule has 4 unspecified atom stereocenters. The maximum atomic E-state index is 11.8. The highest BCUT2D eigenvalue weighted by Gasteiger charge is 2.40. The maximum Gasteiger partial charge on any atom is 0.410 e. The van der Waals surface area contributed by atoms with Crippen LogP contribution in [0.5, 0.6) is 0 Å². The normalized spacial score (nSPS) is 26.6. The largest absolute Gasteiger partial charge is 0.543 e. The number of carbonyl (C=O) groups is 4. The molecular formula is C24H40N4O8-2. The summed E-state index contributed by atoms with van der Waals surface area (Å²) in [6.45, 7) is 19.0. The van der Waals surface area contributed by atoms with Crippen molar-refractivity contribution in [2.75, 3.05) is 52.4 Å². The number of hydrogen-bond acceptors (Lipinski definition) is 10. The Hall–Kier alpha value is -2.60. The fraction of sp³-hybridized carbons (Fsp3) is 0.833. The number of rotatable bonds is 0. The van der Waals surface area contributed by atoms with Gasteiger partial charge in [0.1, 0.15) is 11.2 Å². The fourth-order valence-electron chi connectivity index (χ4n) is 4.66. The number of carbonyl (C=O) groups excluding carboxylic acids is 4. The van der Waals surface area contributed by atoms with E-state index in [-0.39, 0.29) is 23.4 Å². The zero-order valence-corrected chi connectivity index (χ0v) is 22.1. The van der Waals surface area contributed by atoms with Crippen LogP contribution in [0, 0.1) is 23.7 Å². The van der Waals surface area contributed by atoms with E-state index in [9.17, 15) is 9.59 Å². The van der Waals surface area contributed by atoms with Crippen LogP contribution in [-0.4, -0.2) is 97.5 Å². The quantitative estimate of drug-likeness (QED) is 0.370. The molecule has 4 fully saturated rings. The molecule has 0 aliphatic carbocycles. The number of carboxylic acids is 2. The lowest BCUT2D eigenvalue weighted by atomic mass is 10.0. The van der Waals surface area contributed by atoms with Crippen molar-refractivity contribution in [3.05, 3.63) is 0 Å². The summed E-state index contributed by atoms with van der Waals surface area (Å²) in [5, 5.41) is 24.6. The molecular weight excluding hydrogens is 472 g/mol. The highest BCUT2D eigenvalue weighted by atomic mass is 16.6. The van der Waals surface area contributed by atoms with Crippen LogP contribution in [0.15, 0.2) is 0 Å². The Balaban J connectivity index is 0.000000208. The van der Waals surface area contributed by atoms with Gasteiger partial charge in [0.2, 0.25) is 0 Å². The van der Waals surface area contributed by atoms with E-state index < -0.39 is 11.9 Å². The first kappa shape index (κ1) is 29.6. The Morgan fingerprint density at radius 2 is 0.861 bits per heavy atom. The van der Waals surface area contributed by atoms with Gasteiger partial charge in [-0.05, 0) is 65.2 Å². The average molecular weight is 513 g/mol. The number of aliphatic carboxylic acids is 2. The molecule has 0 bridgehead atoms. The topological polar surface area (TPSA) is 163 Å². The van der Waals surface area contributed by atoms with E-state index in [1.54, 1.807) is 0 Å². The first-order valence-corrected chi connectivity index (χ1v) is 12.4. The van der Waals surface area contributed by atoms with Gasteiger partial charge in [-0.25, -0.2) is 9.59 Å². The second-order valence-corrected chi connectivity index (χ2v) is 11.7. The molecule has 0 radical (unpaired) electrons. The van der Waals surface area contributed by atoms with E-state index in [0.29, 0.717) is 23.7 Å². The van der Waals surface area contributed by atoms with Crippen LogP contribution in [0.4, 0.5) is 9.59 Å². The van der Waals surface area contributed by atoms with Crippen molar-refractivity contribution in [1.82, 2.24) is 20.4 Å². The van der Waals surface area contributed by atoms with Crippen LogP contribution in [0.25, 0.3) is 0 Å². The van der Waals surface area contributed by atoms with Crippen LogP contribution in [0.3, 0.4) is 0 Å². The van der Waals surface area contributed by atoms with Gasteiger partial charge in [-0.3, -0.25) is 0 Å². The van der Waals surface area contributed by atoms with E-state index >= 15 is 0 Å². The number of carboxylic acid groups (broad SMARTS) is 2. The fourth-order valence-corrected chi connectivity index (χ4v) is 4.66. The monoisotopic (exact) mass is 512 g/mol. The predicted octanol–water partition coefficient (Wildman–Crippen LogP) is -1.37. The summed E-state index contributed by atoms with van der Waals surface area (Å²) in [5.74, 6) is -1.82. The van der Waals surface area contributed by atoms with Crippen LogP contribution in [0.2, 0.25) is 0 Å². The minimum absolute atomic E-state index is 0.156. The van der Waals surface area contributed by atoms with E-state index in [1.165, 1.54) is 0 Å². The minimum atomic E-state index is -2.19. The van der Waals surface area contributed by atoms with Gasteiger partial charge in [-0.1, -0.05) is 0 Å². The summed E-state index contributed by atoms with van der Waals surface area (Å²) in [6, 6.07) is 0. The number of nitrogens with zero attached hydrogens (tertiary/aromatic N) is 2. The third kappa shape index (κ3) is 9.45. The lowest BCUT2D eigenvalue weighted by molar-refractivity contribution is -0.345. The molecule has 0 aromatic rings. The summed E-state index contributed by atoms with van der Waals surface area (Å²) in [6.07, 6.45) is -0.311. The third-order valence-corrected chi connectivity index (χ3v) is 6.25. The summed E-state index contributed by atoms with van der Waals surface area (Å²) < 4.78 is 10.7. The first-order chi connectivity index (χ1) is 16.6. The van der Waals surface area contributed by atoms with Gasteiger partial charge in [0.15, 0.2) is 0 Å². The number of likely N-dealkylation sites (tertiary alicyclic amines) is 2. The second-order valence-electron chi connectivity index (χ2n) is 11.7. The van der Waals surface area contributed by atoms with Gasteiger partial charge in [0.25, 0.3) is 0 Å². The third-order valence-electron chi connectivity index (χ3n) is 6.25. The van der Waals surface area contributed by atoms with Gasteiger partial charge in [-0.15, -0.1) is 0 Å². The Kier molecular flexibility index (Phi) is 9.95. The molecule has 4 rings (SSSR count). The standard InChI is InChI=1S/2C11H20N2O2.C2H2O4/c2*1-11(2,3)15-10(14)13-6-8-4-12-5-9(8)7-13;3-1(4)2(5)6/h2*8-9,12H,4-7H2,1-3H3;(H,3,4)(H,5,6)/p-2. The number of ether oxygens (including phenoxy) is 2. The van der Waals surface area contributed by atoms with Crippen molar-refractivity contribution < 1.29 is 38.9 Å². The predicted molar refractivity (Wildman–Crippen MR) is 125 cm³/mol. The Labute approximate surface area is 212 Å². The van der Waals surface area contributed by atoms with Crippen molar-refractivity contribution in [2.45, 2.75) is 52.7 Å². The van der Waals surface area contributed by atoms with E-state index in [4.69, 9.17) is 29.3 Å². The van der Waals surface area contributed by atoms with Crippen LogP contribution >= 0.6 is 0 Å². The Bertz CT molecular complexity index is 717. The van der Waals surface area contributed by atoms with Gasteiger partial charge in [0.05, 0.1) is 11.9 Å². The van der Waals surface area contributed by atoms with Crippen molar-refractivity contribution in [2.24, 2.45) is 23.7 Å². The molecule has 206 valence electrons. The summed E-state index contributed by atoms with van der Waals surface area (Å²) in [7, 11) is 0. The number of nitrogens with one attached hydrogen (secondary N) is 2. The van der Waals surface area contributed by atoms with Crippen molar-refractivity contribution in [1.29, 1.82) is 0 Å². The zero-order chi connectivity index (χ0) is 27.3. The first-order valence-electron chi connectivity index (χ1n) is 12.4. The molecule has 0 spiro atoms. The smallest absolute Gasteiger partial charge is 0.410 e. The van der Waals surface area contributed by atoms with Gasteiger partial charge < -0.3 is 49.7 Å². The van der Waals surface area contributed by atoms with Crippen LogP contribution in [-0.2, 0) is 19.1 Å². The summed E-state index contributed by atoms with van der Waals surface area (Å²) in [5.41, 5.74) is -0.764. The molecule has 0 aromatic carbocycles. The van der Waals surface area contributed by atoms with E-state index in [0.717, 1.165) is 52.4 Å². The van der Waals surface area contributed by atoms with Crippen LogP contribution < -0.4 is 20.8 Å². The number of fused-ring (bicyclic) bond motifs is 2. The highest BCUT2D eigenvalue weighted by molar-refractivity contribution is 6.25. The molecule has 2 amide bonds. The molecule has 0 aromatic heterocycles. The van der Waals surface area contributed by atoms with Gasteiger partial charge in [0, 0.05) is 52.4 Å². The SMILES string of the molecule is CC(C)(C)OC(=O)N1CC2CNCC2C1.CC(C)(C)OC(=O)N1CC2CNCC2C1.O=C([O-])C(=O)[O-]. The molecule has 36 heavy (non-hydrogen) atoms. The highest BCUT2D eigenvalue weighted by Crippen LogP contribution is 2.28. The molecule has 4 saturated heterocycles. The number of amides is 2. The lowest BCUT2D eigenvalue weighted by Gasteiger charge is -2.24. The molecule has 4 heterocycles. The second kappa shape index (κ2) is 12.1. The van der Waals surface area contributed by atoms with Gasteiger partial charge >= 0.3 is 12.2 Å². The Morgan fingerprint density at radius 3 is 1.06 bits per heavy atom. The van der Waals surface area contributed by atoms with Crippen LogP contribution in [0.1, 0.15) is 41.5 Å². The van der Waals surface area contributed by atoms with Gasteiger partial charge in [-0.2, -0.15) is 0 Å². The molecule has 0 saturated carbocycles. The minimum Gasteiger partial charge on any atom is -0.543 e. The van der Waals surface area contributed by atoms with Crippen molar-refractivity contribution >= 4 is 24.1 Å². The molecule has 12 heteroatoms. The van der Waals surface area contributed by atoms with E-state index in [2.05, 4.69) is 10.6 Å². The molecule has 4 aliphatic heterocycles. The number of hydrogen-bond donors (Lipinski definition) is 2. The Morgan fingerprint density at radius 1 is 0.611 bits per heavy atom. The van der Waals surface area contributed by atoms with E-state index in [1.807, 2.05) is 51.3 Å². The molecule has 4 aliphatic rings. The molecule has 4 atom stereocenters. The summed E-state index contributed by atoms with van der Waals surface area (Å²) >= 11 is 0. The maximum absolute atomic E-state index is 11.8.